The summed E-state index contributed by atoms with van der Waals surface area (Å²) in [5, 5.41) is 0.626. The quantitative estimate of drug-likeness (QED) is 0.836. The van der Waals surface area contributed by atoms with Crippen molar-refractivity contribution in [3.63, 3.8) is 0 Å². The van der Waals surface area contributed by atoms with Gasteiger partial charge in [-0.15, -0.1) is 0 Å². The van der Waals surface area contributed by atoms with Crippen molar-refractivity contribution in [2.75, 3.05) is 13.1 Å². The highest BCUT2D eigenvalue weighted by Gasteiger charge is 2.36. The summed E-state index contributed by atoms with van der Waals surface area (Å²) in [5.74, 6) is 0.110. The number of hydrogen-bond acceptors (Lipinski definition) is 2. The summed E-state index contributed by atoms with van der Waals surface area (Å²) in [7, 11) is 1.88. The zero-order chi connectivity index (χ0) is 15.9. The fourth-order valence-corrected chi connectivity index (χ4v) is 4.47. The average Bonchev–Trinajstić information content (AvgIpc) is 3.00. The third kappa shape index (κ3) is 2.91. The summed E-state index contributed by atoms with van der Waals surface area (Å²) in [6, 6.07) is 3.55. The van der Waals surface area contributed by atoms with Crippen LogP contribution in [-0.2, 0) is 7.05 Å². The average molecular weight is 324 g/mol. The topological polar surface area (TPSA) is 28.5 Å². The van der Waals surface area contributed by atoms with Crippen molar-refractivity contribution in [1.82, 2.24) is 14.4 Å². The molecule has 0 bridgehead atoms. The highest BCUT2D eigenvalue weighted by atomic mass is 35.5. The van der Waals surface area contributed by atoms with Gasteiger partial charge in [-0.2, -0.15) is 0 Å². The second kappa shape index (κ2) is 6.25. The zero-order valence-corrected chi connectivity index (χ0v) is 14.5. The second-order valence-electron chi connectivity index (χ2n) is 6.92. The van der Waals surface area contributed by atoms with Gasteiger partial charge in [0, 0.05) is 44.5 Å². The Morgan fingerprint density at radius 2 is 1.91 bits per heavy atom. The second-order valence-corrected chi connectivity index (χ2v) is 7.36. The summed E-state index contributed by atoms with van der Waals surface area (Å²) in [4.78, 5) is 17.4. The number of aryl methyl sites for hydroxylation is 1. The summed E-state index contributed by atoms with van der Waals surface area (Å²) in [6.45, 7) is 6.34. The molecule has 2 aliphatic rings. The lowest BCUT2D eigenvalue weighted by Gasteiger charge is -2.41. The van der Waals surface area contributed by atoms with Gasteiger partial charge in [0.1, 0.15) is 5.69 Å². The third-order valence-electron chi connectivity index (χ3n) is 5.32. The predicted molar refractivity (Wildman–Crippen MR) is 89.3 cm³/mol. The van der Waals surface area contributed by atoms with Crippen LogP contribution in [0.2, 0.25) is 5.02 Å². The molecule has 3 atom stereocenters. The monoisotopic (exact) mass is 323 g/mol. The molecule has 0 radical (unpaired) electrons. The Bertz CT molecular complexity index is 546. The van der Waals surface area contributed by atoms with E-state index in [2.05, 4.69) is 18.7 Å². The molecule has 1 aromatic heterocycles. The first kappa shape index (κ1) is 15.9. The van der Waals surface area contributed by atoms with E-state index >= 15 is 0 Å². The molecule has 0 unspecified atom stereocenters. The Kier molecular flexibility index (Phi) is 4.51. The van der Waals surface area contributed by atoms with Crippen molar-refractivity contribution >= 4 is 17.5 Å². The van der Waals surface area contributed by atoms with Gasteiger partial charge in [-0.05, 0) is 45.6 Å². The van der Waals surface area contributed by atoms with Crippen molar-refractivity contribution in [3.8, 4) is 0 Å². The van der Waals surface area contributed by atoms with Gasteiger partial charge in [-0.25, -0.2) is 0 Å². The van der Waals surface area contributed by atoms with Crippen LogP contribution in [0.25, 0.3) is 0 Å². The highest BCUT2D eigenvalue weighted by Crippen LogP contribution is 2.30. The van der Waals surface area contributed by atoms with E-state index in [1.54, 1.807) is 12.3 Å². The number of aromatic nitrogens is 1. The van der Waals surface area contributed by atoms with E-state index in [1.165, 1.54) is 19.3 Å². The molecular weight excluding hydrogens is 298 g/mol. The summed E-state index contributed by atoms with van der Waals surface area (Å²) >= 11 is 6.02. The van der Waals surface area contributed by atoms with E-state index in [9.17, 15) is 4.79 Å². The van der Waals surface area contributed by atoms with Crippen molar-refractivity contribution in [3.05, 3.63) is 23.0 Å². The third-order valence-corrected chi connectivity index (χ3v) is 5.52. The number of carbonyl (C=O) groups excluding carboxylic acids is 1. The molecule has 22 heavy (non-hydrogen) atoms. The molecule has 0 spiro atoms. The van der Waals surface area contributed by atoms with Crippen molar-refractivity contribution in [1.29, 1.82) is 0 Å². The molecular formula is C17H26ClN3O. The molecule has 2 aliphatic heterocycles. The molecule has 4 nitrogen and oxygen atoms in total. The van der Waals surface area contributed by atoms with Gasteiger partial charge in [0.15, 0.2) is 0 Å². The lowest BCUT2D eigenvalue weighted by Crippen LogP contribution is -2.52. The number of likely N-dealkylation sites (tertiary alicyclic amines) is 2. The number of rotatable bonds is 2. The number of nitrogens with zero attached hydrogens (tertiary/aromatic N) is 3. The van der Waals surface area contributed by atoms with Crippen LogP contribution in [-0.4, -0.2) is 51.5 Å². The molecule has 0 saturated carbocycles. The van der Waals surface area contributed by atoms with Gasteiger partial charge in [0.25, 0.3) is 5.91 Å². The highest BCUT2D eigenvalue weighted by molar-refractivity contribution is 6.31. The van der Waals surface area contributed by atoms with Crippen molar-refractivity contribution in [2.45, 2.75) is 57.7 Å². The minimum Gasteiger partial charge on any atom is -0.345 e. The van der Waals surface area contributed by atoms with Crippen LogP contribution in [0.3, 0.4) is 0 Å². The zero-order valence-electron chi connectivity index (χ0n) is 13.8. The summed E-state index contributed by atoms with van der Waals surface area (Å²) < 4.78 is 1.83. The number of hydrogen-bond donors (Lipinski definition) is 0. The Labute approximate surface area is 138 Å². The largest absolute Gasteiger partial charge is 0.345 e. The standard InChI is InChI=1S/C17H26ClN3O/c1-12-6-7-13(2)21(12)15-5-4-8-20(11-15)17(22)16-9-14(18)10-19(16)3/h9-10,12-13,15H,4-8,11H2,1-3H3/t12-,13+,15-/m0/s1. The van der Waals surface area contributed by atoms with E-state index in [4.69, 9.17) is 11.6 Å². The molecule has 0 N–H and O–H groups in total. The first-order valence-electron chi connectivity index (χ1n) is 8.36. The molecule has 5 heteroatoms. The molecule has 0 aromatic carbocycles. The number of piperidine rings is 1. The van der Waals surface area contributed by atoms with Crippen LogP contribution in [0, 0.1) is 0 Å². The number of amides is 1. The molecule has 2 saturated heterocycles. The van der Waals surface area contributed by atoms with Crippen molar-refractivity contribution < 1.29 is 4.79 Å². The summed E-state index contributed by atoms with van der Waals surface area (Å²) in [6.07, 6.45) is 6.63. The van der Waals surface area contributed by atoms with Crippen LogP contribution < -0.4 is 0 Å². The smallest absolute Gasteiger partial charge is 0.270 e. The van der Waals surface area contributed by atoms with Gasteiger partial charge in [-0.3, -0.25) is 9.69 Å². The SMILES string of the molecule is C[C@@H]1CC[C@H](C)N1[C@H]1CCCN(C(=O)c2cc(Cl)cn2C)C1. The van der Waals surface area contributed by atoms with Crippen LogP contribution in [0.5, 0.6) is 0 Å². The van der Waals surface area contributed by atoms with E-state index < -0.39 is 0 Å². The molecule has 3 heterocycles. The first-order chi connectivity index (χ1) is 10.5. The van der Waals surface area contributed by atoms with Crippen LogP contribution in [0.1, 0.15) is 50.0 Å². The number of halogens is 1. The van der Waals surface area contributed by atoms with Crippen LogP contribution >= 0.6 is 11.6 Å². The van der Waals surface area contributed by atoms with Gasteiger partial charge < -0.3 is 9.47 Å². The Morgan fingerprint density at radius 3 is 2.50 bits per heavy atom. The molecule has 122 valence electrons. The molecule has 1 aromatic rings. The molecule has 0 aliphatic carbocycles. The Balaban J connectivity index is 1.73. The Morgan fingerprint density at radius 1 is 1.23 bits per heavy atom. The maximum atomic E-state index is 12.8. The molecule has 3 rings (SSSR count). The first-order valence-corrected chi connectivity index (χ1v) is 8.73. The maximum Gasteiger partial charge on any atom is 0.270 e. The number of carbonyl (C=O) groups is 1. The van der Waals surface area contributed by atoms with Crippen LogP contribution in [0.4, 0.5) is 0 Å². The maximum absolute atomic E-state index is 12.8. The molecule has 2 fully saturated rings. The fraction of sp³-hybridized carbons (Fsp3) is 0.706. The van der Waals surface area contributed by atoms with E-state index in [0.29, 0.717) is 28.8 Å². The molecule has 1 amide bonds. The Hall–Kier alpha value is -1.00. The minimum atomic E-state index is 0.110. The van der Waals surface area contributed by atoms with Crippen molar-refractivity contribution in [2.24, 2.45) is 7.05 Å². The predicted octanol–water partition coefficient (Wildman–Crippen LogP) is 3.16. The lowest BCUT2D eigenvalue weighted by atomic mass is 10.0. The van der Waals surface area contributed by atoms with E-state index in [-0.39, 0.29) is 5.91 Å². The summed E-state index contributed by atoms with van der Waals surface area (Å²) in [5.41, 5.74) is 0.688. The van der Waals surface area contributed by atoms with E-state index in [0.717, 1.165) is 19.5 Å². The van der Waals surface area contributed by atoms with Gasteiger partial charge in [-0.1, -0.05) is 11.6 Å². The normalized spacial score (nSPS) is 30.0. The minimum absolute atomic E-state index is 0.110. The van der Waals surface area contributed by atoms with Gasteiger partial charge >= 0.3 is 0 Å². The van der Waals surface area contributed by atoms with Crippen LogP contribution in [0.15, 0.2) is 12.3 Å². The lowest BCUT2D eigenvalue weighted by molar-refractivity contribution is 0.0479. The van der Waals surface area contributed by atoms with Gasteiger partial charge in [0.05, 0.1) is 5.02 Å². The fourth-order valence-electron chi connectivity index (χ4n) is 4.22. The van der Waals surface area contributed by atoms with E-state index in [1.807, 2.05) is 16.5 Å². The van der Waals surface area contributed by atoms with Gasteiger partial charge in [0.2, 0.25) is 0 Å².